The average Bonchev–Trinajstić information content (AvgIpc) is 3.13. The summed E-state index contributed by atoms with van der Waals surface area (Å²) < 4.78 is 0. The fraction of sp³-hybridized carbons (Fsp3) is 0.158. The highest BCUT2D eigenvalue weighted by Crippen LogP contribution is 2.16. The minimum absolute atomic E-state index is 0.147. The smallest absolute Gasteiger partial charge is 0.307 e. The molecule has 136 valence electrons. The predicted octanol–water partition coefficient (Wildman–Crippen LogP) is 0.963. The van der Waals surface area contributed by atoms with E-state index in [0.717, 1.165) is 44.1 Å². The zero-order valence-corrected chi connectivity index (χ0v) is 16.4. The Morgan fingerprint density at radius 1 is 1.11 bits per heavy atom. The minimum atomic E-state index is -0.310. The summed E-state index contributed by atoms with van der Waals surface area (Å²) in [5.41, 5.74) is 2.60. The molecule has 8 heteroatoms. The molecule has 0 radical (unpaired) electrons. The number of hydrogen-bond donors (Lipinski definition) is 2. The van der Waals surface area contributed by atoms with E-state index in [1.165, 1.54) is 0 Å². The number of rotatable bonds is 1. The highest BCUT2D eigenvalue weighted by molar-refractivity contribution is 7.10. The number of H-pyrrole nitrogens is 1. The van der Waals surface area contributed by atoms with E-state index < -0.39 is 0 Å². The molecule has 4 rings (SSSR count). The maximum Gasteiger partial charge on any atom is 0.307 e. The maximum absolute atomic E-state index is 11.4. The van der Waals surface area contributed by atoms with Gasteiger partial charge >= 0.3 is 4.87 Å². The molecule has 0 fully saturated rings. The average molecular weight is 399 g/mol. The molecular weight excluding hydrogens is 384 g/mol. The molecule has 1 aliphatic rings. The van der Waals surface area contributed by atoms with Gasteiger partial charge in [0.25, 0.3) is 0 Å². The lowest BCUT2D eigenvalue weighted by Crippen LogP contribution is -2.22. The number of thiazole rings is 1. The lowest BCUT2D eigenvalue weighted by atomic mass is 10.2. The number of aromatic amines is 1. The number of pyridine rings is 1. The zero-order valence-electron chi connectivity index (χ0n) is 14.8. The lowest BCUT2D eigenvalue weighted by molar-refractivity contribution is 0.455. The van der Waals surface area contributed by atoms with Crippen LogP contribution in [0.1, 0.15) is 21.7 Å². The van der Waals surface area contributed by atoms with Crippen molar-refractivity contribution in [1.29, 1.82) is 0 Å². The van der Waals surface area contributed by atoms with Gasteiger partial charge in [-0.05, 0) is 56.2 Å². The van der Waals surface area contributed by atoms with Gasteiger partial charge in [-0.15, -0.1) is 0 Å². The Bertz CT molecular complexity index is 1360. The molecule has 27 heavy (non-hydrogen) atoms. The predicted molar refractivity (Wildman–Crippen MR) is 105 cm³/mol. The summed E-state index contributed by atoms with van der Waals surface area (Å²) >= 11 is 7.12. The Morgan fingerprint density at radius 3 is 2.48 bits per heavy atom. The van der Waals surface area contributed by atoms with E-state index in [1.807, 2.05) is 39.0 Å². The number of aryl methyl sites for hydroxylation is 3. The number of aromatic nitrogens is 2. The maximum atomic E-state index is 11.4. The molecule has 0 bridgehead atoms. The van der Waals surface area contributed by atoms with Crippen LogP contribution in [0.25, 0.3) is 11.9 Å². The Kier molecular flexibility index (Phi) is 4.20. The molecule has 0 unspecified atom stereocenters. The first-order chi connectivity index (χ1) is 12.8. The molecule has 2 aromatic heterocycles. The molecule has 0 spiro atoms. The molecule has 0 saturated carbocycles. The summed E-state index contributed by atoms with van der Waals surface area (Å²) in [7, 11) is 0. The minimum Gasteiger partial charge on any atom is -0.493 e. The van der Waals surface area contributed by atoms with Gasteiger partial charge in [-0.25, -0.2) is 9.98 Å². The van der Waals surface area contributed by atoms with Gasteiger partial charge in [-0.3, -0.25) is 14.8 Å². The van der Waals surface area contributed by atoms with Crippen LogP contribution < -0.4 is 26.2 Å². The molecule has 0 atom stereocenters. The molecular formula is C19H15ClN4O2S. The second-order valence-corrected chi connectivity index (χ2v) is 7.75. The van der Waals surface area contributed by atoms with Gasteiger partial charge in [-0.2, -0.15) is 0 Å². The SMILES string of the molecule is Cc1cc2c(cc1Cl)=NC(=c1cc(C)c(=Cc3sc(=O)[nH]c3O)nc1C)N=2. The molecule has 6 nitrogen and oxygen atoms in total. The van der Waals surface area contributed by atoms with Gasteiger partial charge in [0.15, 0.2) is 5.82 Å². The van der Waals surface area contributed by atoms with E-state index in [9.17, 15) is 9.90 Å². The van der Waals surface area contributed by atoms with Crippen molar-refractivity contribution in [2.24, 2.45) is 9.98 Å². The molecule has 2 N–H and O–H groups in total. The Labute approximate surface area is 162 Å². The largest absolute Gasteiger partial charge is 0.493 e. The van der Waals surface area contributed by atoms with Gasteiger partial charge in [0.2, 0.25) is 5.88 Å². The third-order valence-corrected chi connectivity index (χ3v) is 5.54. The topological polar surface area (TPSA) is 90.7 Å². The van der Waals surface area contributed by atoms with Gasteiger partial charge in [0.05, 0.1) is 20.9 Å². The molecule has 3 aromatic rings. The van der Waals surface area contributed by atoms with Crippen LogP contribution in [0.15, 0.2) is 33.0 Å². The standard InChI is InChI=1S/C19H15ClN4O2S/c1-8-5-14-15(6-12(8)20)23-17(22-14)11-4-9(2)13(21-10(11)3)7-16-18(25)24-19(26)27-16/h4-7,25H,1-3H3,(H,24,26). The molecule has 0 amide bonds. The number of nitrogens with zero attached hydrogens (tertiary/aromatic N) is 3. The summed E-state index contributed by atoms with van der Waals surface area (Å²) in [5, 5.41) is 13.5. The second-order valence-electron chi connectivity index (χ2n) is 6.33. The Morgan fingerprint density at radius 2 is 1.81 bits per heavy atom. The Balaban J connectivity index is 1.93. The van der Waals surface area contributed by atoms with E-state index in [-0.39, 0.29) is 10.8 Å². The van der Waals surface area contributed by atoms with Gasteiger partial charge < -0.3 is 5.11 Å². The quantitative estimate of drug-likeness (QED) is 0.639. The summed E-state index contributed by atoms with van der Waals surface area (Å²) in [6.45, 7) is 5.73. The van der Waals surface area contributed by atoms with E-state index in [2.05, 4.69) is 20.0 Å². The van der Waals surface area contributed by atoms with Crippen LogP contribution in [0.5, 0.6) is 5.88 Å². The van der Waals surface area contributed by atoms with Crippen LogP contribution in [0, 0.1) is 20.8 Å². The zero-order chi connectivity index (χ0) is 19.3. The number of nitrogens with one attached hydrogen (secondary N) is 1. The first-order valence-corrected chi connectivity index (χ1v) is 9.37. The molecule has 3 heterocycles. The van der Waals surface area contributed by atoms with Crippen molar-refractivity contribution in [3.63, 3.8) is 0 Å². The van der Waals surface area contributed by atoms with Gasteiger partial charge in [0, 0.05) is 15.9 Å². The number of fused-ring (bicyclic) bond motifs is 1. The number of halogens is 1. The molecule has 1 aliphatic heterocycles. The number of benzene rings is 1. The molecule has 1 aromatic carbocycles. The second kappa shape index (κ2) is 6.44. The van der Waals surface area contributed by atoms with Crippen LogP contribution in [0.2, 0.25) is 5.02 Å². The molecule has 0 aliphatic carbocycles. The fourth-order valence-corrected chi connectivity index (χ4v) is 3.68. The van der Waals surface area contributed by atoms with Crippen LogP contribution in [0.3, 0.4) is 0 Å². The molecule has 0 saturated heterocycles. The van der Waals surface area contributed by atoms with Crippen LogP contribution in [-0.2, 0) is 0 Å². The van der Waals surface area contributed by atoms with Crippen molar-refractivity contribution in [3.05, 3.63) is 75.9 Å². The van der Waals surface area contributed by atoms with E-state index in [1.54, 1.807) is 6.08 Å². The summed E-state index contributed by atoms with van der Waals surface area (Å²) in [6, 6.07) is 5.70. The fourth-order valence-electron chi connectivity index (χ4n) is 2.86. The number of aromatic hydroxyl groups is 1. The summed E-state index contributed by atoms with van der Waals surface area (Å²) in [5.74, 6) is 0.450. The highest BCUT2D eigenvalue weighted by Gasteiger charge is 2.09. The van der Waals surface area contributed by atoms with Crippen molar-refractivity contribution in [3.8, 4) is 5.88 Å². The monoisotopic (exact) mass is 398 g/mol. The third kappa shape index (κ3) is 3.20. The van der Waals surface area contributed by atoms with Crippen molar-refractivity contribution in [2.45, 2.75) is 20.8 Å². The Hall–Kier alpha value is -2.77. The highest BCUT2D eigenvalue weighted by atomic mass is 35.5. The van der Waals surface area contributed by atoms with Crippen LogP contribution in [-0.4, -0.2) is 15.1 Å². The van der Waals surface area contributed by atoms with Crippen molar-refractivity contribution < 1.29 is 5.11 Å². The van der Waals surface area contributed by atoms with E-state index in [0.29, 0.717) is 21.1 Å². The van der Waals surface area contributed by atoms with Crippen molar-refractivity contribution >= 4 is 34.8 Å². The van der Waals surface area contributed by atoms with E-state index in [4.69, 9.17) is 11.6 Å². The van der Waals surface area contributed by atoms with Crippen molar-refractivity contribution in [2.75, 3.05) is 0 Å². The van der Waals surface area contributed by atoms with Crippen LogP contribution >= 0.6 is 22.9 Å². The van der Waals surface area contributed by atoms with Gasteiger partial charge in [-0.1, -0.05) is 22.9 Å². The summed E-state index contributed by atoms with van der Waals surface area (Å²) in [4.78, 5) is 27.7. The van der Waals surface area contributed by atoms with Crippen molar-refractivity contribution in [1.82, 2.24) is 9.97 Å². The van der Waals surface area contributed by atoms with Gasteiger partial charge in [0.1, 0.15) is 0 Å². The van der Waals surface area contributed by atoms with Crippen LogP contribution in [0.4, 0.5) is 0 Å². The number of hydrogen-bond acceptors (Lipinski definition) is 6. The van der Waals surface area contributed by atoms with E-state index >= 15 is 0 Å². The summed E-state index contributed by atoms with van der Waals surface area (Å²) in [6.07, 6.45) is 1.69. The lowest BCUT2D eigenvalue weighted by Gasteiger charge is -2.00. The normalized spacial score (nSPS) is 15.5. The first kappa shape index (κ1) is 17.6. The third-order valence-electron chi connectivity index (χ3n) is 4.32. The first-order valence-electron chi connectivity index (χ1n) is 8.18.